The molecule has 108 valence electrons. The maximum Gasteiger partial charge on any atom is 0.194 e. The van der Waals surface area contributed by atoms with Crippen LogP contribution in [-0.2, 0) is 6.54 Å². The molecule has 0 amide bonds. The van der Waals surface area contributed by atoms with Gasteiger partial charge in [0.05, 0.1) is 22.4 Å². The van der Waals surface area contributed by atoms with Crippen molar-refractivity contribution in [2.45, 2.75) is 6.54 Å². The van der Waals surface area contributed by atoms with Crippen molar-refractivity contribution >= 4 is 40.0 Å². The lowest BCUT2D eigenvalue weighted by Crippen LogP contribution is -2.03. The van der Waals surface area contributed by atoms with Crippen molar-refractivity contribution in [3.8, 4) is 0 Å². The molecule has 21 heavy (non-hydrogen) atoms. The monoisotopic (exact) mass is 329 g/mol. The highest BCUT2D eigenvalue weighted by molar-refractivity contribution is 7.00. The van der Waals surface area contributed by atoms with Crippen molar-refractivity contribution < 1.29 is 13.2 Å². The highest BCUT2D eigenvalue weighted by Gasteiger charge is 2.12. The molecule has 0 saturated heterocycles. The van der Waals surface area contributed by atoms with Crippen LogP contribution in [-0.4, -0.2) is 8.75 Å². The maximum atomic E-state index is 13.2. The Morgan fingerprint density at radius 3 is 2.52 bits per heavy atom. The summed E-state index contributed by atoms with van der Waals surface area (Å²) in [6, 6.07) is 5.24. The summed E-state index contributed by atoms with van der Waals surface area (Å²) < 4.78 is 47.4. The first kappa shape index (κ1) is 14.1. The van der Waals surface area contributed by atoms with Crippen molar-refractivity contribution in [3.63, 3.8) is 0 Å². The van der Waals surface area contributed by atoms with Gasteiger partial charge in [-0.05, 0) is 29.8 Å². The first-order chi connectivity index (χ1) is 10.1. The number of anilines is 1. The third-order valence-corrected chi connectivity index (χ3v) is 3.75. The molecule has 2 aromatic carbocycles. The van der Waals surface area contributed by atoms with E-state index in [1.807, 2.05) is 0 Å². The summed E-state index contributed by atoms with van der Waals surface area (Å²) in [6.07, 6.45) is 0. The summed E-state index contributed by atoms with van der Waals surface area (Å²) in [6.45, 7) is 0.0739. The quantitative estimate of drug-likeness (QED) is 0.725. The highest BCUT2D eigenvalue weighted by atomic mass is 35.5. The molecule has 0 radical (unpaired) electrons. The molecule has 3 nitrogen and oxygen atoms in total. The standard InChI is InChI=1S/C13H7ClF3N3S/c14-7-1-2-10-13(20-21-19-10)12(7)18-5-6-3-8(15)11(17)9(16)4-6/h1-4,18H,5H2. The lowest BCUT2D eigenvalue weighted by molar-refractivity contribution is 0.445. The Morgan fingerprint density at radius 2 is 1.81 bits per heavy atom. The summed E-state index contributed by atoms with van der Waals surface area (Å²) in [5.41, 5.74) is 2.02. The number of nitrogens with zero attached hydrogens (tertiary/aromatic N) is 2. The topological polar surface area (TPSA) is 37.8 Å². The van der Waals surface area contributed by atoms with E-state index in [0.29, 0.717) is 21.7 Å². The fraction of sp³-hybridized carbons (Fsp3) is 0.0769. The number of fused-ring (bicyclic) bond motifs is 1. The highest BCUT2D eigenvalue weighted by Crippen LogP contribution is 2.30. The van der Waals surface area contributed by atoms with E-state index in [1.165, 1.54) is 0 Å². The maximum absolute atomic E-state index is 13.2. The molecule has 3 aromatic rings. The van der Waals surface area contributed by atoms with Crippen LogP contribution >= 0.6 is 23.3 Å². The smallest absolute Gasteiger partial charge is 0.194 e. The normalized spacial score (nSPS) is 11.0. The number of hydrogen-bond acceptors (Lipinski definition) is 4. The fourth-order valence-electron chi connectivity index (χ4n) is 1.90. The molecule has 8 heteroatoms. The number of rotatable bonds is 3. The molecular formula is C13H7ClF3N3S. The van der Waals surface area contributed by atoms with Gasteiger partial charge in [0, 0.05) is 6.54 Å². The van der Waals surface area contributed by atoms with Crippen molar-refractivity contribution in [2.75, 3.05) is 5.32 Å². The minimum atomic E-state index is -1.48. The number of hydrogen-bond donors (Lipinski definition) is 1. The van der Waals surface area contributed by atoms with Gasteiger partial charge in [-0.1, -0.05) is 11.6 Å². The third-order valence-electron chi connectivity index (χ3n) is 2.89. The van der Waals surface area contributed by atoms with Crippen molar-refractivity contribution in [2.24, 2.45) is 0 Å². The molecule has 1 N–H and O–H groups in total. The fourth-order valence-corrected chi connectivity index (χ4v) is 2.66. The van der Waals surface area contributed by atoms with Gasteiger partial charge in [-0.3, -0.25) is 0 Å². The molecule has 0 spiro atoms. The Kier molecular flexibility index (Phi) is 3.69. The van der Waals surface area contributed by atoms with Crippen LogP contribution in [0.4, 0.5) is 18.9 Å². The Bertz CT molecular complexity index is 799. The first-order valence-electron chi connectivity index (χ1n) is 5.84. The second-order valence-electron chi connectivity index (χ2n) is 4.28. The first-order valence-corrected chi connectivity index (χ1v) is 6.95. The zero-order valence-corrected chi connectivity index (χ0v) is 11.9. The molecule has 3 rings (SSSR count). The van der Waals surface area contributed by atoms with E-state index in [0.717, 1.165) is 23.9 Å². The minimum Gasteiger partial charge on any atom is -0.378 e. The molecule has 0 aliphatic rings. The van der Waals surface area contributed by atoms with E-state index in [1.54, 1.807) is 12.1 Å². The molecule has 0 saturated carbocycles. The van der Waals surface area contributed by atoms with Gasteiger partial charge in [0.25, 0.3) is 0 Å². The Morgan fingerprint density at radius 1 is 1.10 bits per heavy atom. The second-order valence-corrected chi connectivity index (χ2v) is 5.22. The summed E-state index contributed by atoms with van der Waals surface area (Å²) in [7, 11) is 0. The van der Waals surface area contributed by atoms with E-state index in [9.17, 15) is 13.2 Å². The van der Waals surface area contributed by atoms with E-state index >= 15 is 0 Å². The van der Waals surface area contributed by atoms with Gasteiger partial charge in [0.15, 0.2) is 17.5 Å². The average molecular weight is 330 g/mol. The summed E-state index contributed by atoms with van der Waals surface area (Å²) in [5, 5.41) is 3.36. The van der Waals surface area contributed by atoms with Crippen LogP contribution in [0.15, 0.2) is 24.3 Å². The van der Waals surface area contributed by atoms with Crippen molar-refractivity contribution in [1.82, 2.24) is 8.75 Å². The average Bonchev–Trinajstić information content (AvgIpc) is 2.92. The number of halogens is 4. The third kappa shape index (κ3) is 2.66. The molecule has 0 bridgehead atoms. The predicted octanol–water partition coefficient (Wildman–Crippen LogP) is 4.37. The summed E-state index contributed by atoms with van der Waals surface area (Å²) in [5.74, 6) is -3.94. The van der Waals surface area contributed by atoms with E-state index in [2.05, 4.69) is 14.1 Å². The zero-order chi connectivity index (χ0) is 15.0. The van der Waals surface area contributed by atoms with Crippen LogP contribution in [0.3, 0.4) is 0 Å². The SMILES string of the molecule is Fc1cc(CNc2c(Cl)ccc3nsnc23)cc(F)c1F. The molecule has 0 atom stereocenters. The minimum absolute atomic E-state index is 0.0739. The number of aromatic nitrogens is 2. The molecule has 1 aromatic heterocycles. The lowest BCUT2D eigenvalue weighted by Gasteiger charge is -2.09. The molecule has 0 fully saturated rings. The number of nitrogens with one attached hydrogen (secondary N) is 1. The predicted molar refractivity (Wildman–Crippen MR) is 76.1 cm³/mol. The van der Waals surface area contributed by atoms with Gasteiger partial charge >= 0.3 is 0 Å². The zero-order valence-electron chi connectivity index (χ0n) is 10.3. The van der Waals surface area contributed by atoms with Crippen LogP contribution in [0.1, 0.15) is 5.56 Å². The van der Waals surface area contributed by atoms with Crippen LogP contribution < -0.4 is 5.32 Å². The summed E-state index contributed by atoms with van der Waals surface area (Å²) >= 11 is 7.12. The summed E-state index contributed by atoms with van der Waals surface area (Å²) in [4.78, 5) is 0. The lowest BCUT2D eigenvalue weighted by atomic mass is 10.2. The van der Waals surface area contributed by atoms with E-state index in [4.69, 9.17) is 11.6 Å². The Balaban J connectivity index is 1.90. The molecule has 0 aliphatic carbocycles. The van der Waals surface area contributed by atoms with E-state index in [-0.39, 0.29) is 12.1 Å². The van der Waals surface area contributed by atoms with Gasteiger partial charge < -0.3 is 5.32 Å². The van der Waals surface area contributed by atoms with Crippen LogP contribution in [0.2, 0.25) is 5.02 Å². The van der Waals surface area contributed by atoms with Crippen LogP contribution in [0.25, 0.3) is 11.0 Å². The van der Waals surface area contributed by atoms with Crippen molar-refractivity contribution in [1.29, 1.82) is 0 Å². The van der Waals surface area contributed by atoms with Crippen molar-refractivity contribution in [3.05, 3.63) is 52.3 Å². The Hall–Kier alpha value is -1.86. The molecule has 0 aliphatic heterocycles. The second kappa shape index (κ2) is 5.50. The molecule has 0 unspecified atom stereocenters. The van der Waals surface area contributed by atoms with Gasteiger partial charge in [-0.2, -0.15) is 8.75 Å². The van der Waals surface area contributed by atoms with E-state index < -0.39 is 17.5 Å². The van der Waals surface area contributed by atoms with Gasteiger partial charge in [0.1, 0.15) is 11.0 Å². The van der Waals surface area contributed by atoms with Gasteiger partial charge in [0.2, 0.25) is 0 Å². The van der Waals surface area contributed by atoms with Gasteiger partial charge in [-0.25, -0.2) is 13.2 Å². The van der Waals surface area contributed by atoms with Gasteiger partial charge in [-0.15, -0.1) is 0 Å². The van der Waals surface area contributed by atoms with Crippen LogP contribution in [0.5, 0.6) is 0 Å². The van der Waals surface area contributed by atoms with Crippen LogP contribution in [0, 0.1) is 17.5 Å². The molecular weight excluding hydrogens is 323 g/mol. The molecule has 1 heterocycles. The number of benzene rings is 2. The Labute approximate surface area is 126 Å². The largest absolute Gasteiger partial charge is 0.378 e.